The summed E-state index contributed by atoms with van der Waals surface area (Å²) in [7, 11) is 0. The Bertz CT molecular complexity index is 714. The number of nitrogens with one attached hydrogen (secondary N) is 2. The largest absolute Gasteiger partial charge is 0.550 e. The molecular formula is C18H21N2O6-. The topological polar surface area (TPSA) is 117 Å². The minimum absolute atomic E-state index is 0.00903. The van der Waals surface area contributed by atoms with Crippen molar-refractivity contribution in [1.29, 1.82) is 0 Å². The zero-order valence-electron chi connectivity index (χ0n) is 14.5. The summed E-state index contributed by atoms with van der Waals surface area (Å²) in [6.07, 6.45) is 3.36. The quantitative estimate of drug-likeness (QED) is 0.483. The molecule has 1 heterocycles. The Morgan fingerprint density at radius 1 is 1.15 bits per heavy atom. The van der Waals surface area contributed by atoms with Crippen molar-refractivity contribution in [3.05, 3.63) is 29.5 Å². The summed E-state index contributed by atoms with van der Waals surface area (Å²) in [6, 6.07) is 5.20. The van der Waals surface area contributed by atoms with Crippen LogP contribution in [0, 0.1) is 0 Å². The van der Waals surface area contributed by atoms with Crippen LogP contribution in [0.3, 0.4) is 0 Å². The Morgan fingerprint density at radius 3 is 2.65 bits per heavy atom. The van der Waals surface area contributed by atoms with Gasteiger partial charge in [0.25, 0.3) is 5.91 Å². The molecule has 0 bridgehead atoms. The highest BCUT2D eigenvalue weighted by Crippen LogP contribution is 2.32. The third kappa shape index (κ3) is 6.12. The Balaban J connectivity index is 1.94. The second kappa shape index (κ2) is 9.45. The van der Waals surface area contributed by atoms with E-state index in [2.05, 4.69) is 10.6 Å². The number of fused-ring (bicyclic) bond motifs is 1. The summed E-state index contributed by atoms with van der Waals surface area (Å²) < 4.78 is 10.5. The number of hydrogen-bond donors (Lipinski definition) is 2. The van der Waals surface area contributed by atoms with Gasteiger partial charge in [0.1, 0.15) is 5.70 Å². The van der Waals surface area contributed by atoms with Gasteiger partial charge < -0.3 is 30.0 Å². The van der Waals surface area contributed by atoms with Gasteiger partial charge in [0.15, 0.2) is 11.5 Å². The molecule has 140 valence electrons. The van der Waals surface area contributed by atoms with Gasteiger partial charge in [-0.15, -0.1) is 0 Å². The molecule has 0 saturated carbocycles. The molecular weight excluding hydrogens is 340 g/mol. The summed E-state index contributed by atoms with van der Waals surface area (Å²) in [5, 5.41) is 15.6. The lowest BCUT2D eigenvalue weighted by Gasteiger charge is -2.10. The highest BCUT2D eigenvalue weighted by atomic mass is 16.7. The predicted molar refractivity (Wildman–Crippen MR) is 90.8 cm³/mol. The van der Waals surface area contributed by atoms with Gasteiger partial charge in [-0.05, 0) is 43.0 Å². The standard InChI is InChI=1S/C18H22N2O6/c1-12(21)20-14(18(24)19-8-4-2-3-5-17(22)23)9-13-6-7-15-16(10-13)26-11-25-15/h6-7,9-10H,2-5,8,11H2,1H3,(H,19,24)(H,20,21)(H,22,23)/p-1/b14-9+. The molecule has 2 amide bonds. The average Bonchev–Trinajstić information content (AvgIpc) is 3.04. The maximum Gasteiger partial charge on any atom is 0.267 e. The molecule has 1 aliphatic heterocycles. The molecule has 0 aliphatic carbocycles. The van der Waals surface area contributed by atoms with Gasteiger partial charge in [-0.3, -0.25) is 9.59 Å². The summed E-state index contributed by atoms with van der Waals surface area (Å²) in [4.78, 5) is 34.0. The Kier molecular flexibility index (Phi) is 7.02. The second-order valence-corrected chi connectivity index (χ2v) is 5.79. The van der Waals surface area contributed by atoms with E-state index in [1.54, 1.807) is 24.3 Å². The number of hydrogen-bond acceptors (Lipinski definition) is 6. The first-order chi connectivity index (χ1) is 12.5. The number of carbonyl (C=O) groups excluding carboxylic acids is 3. The first-order valence-corrected chi connectivity index (χ1v) is 8.32. The SMILES string of the molecule is CC(=O)N/C(=C/c1ccc2c(c1)OCO2)C(=O)NCCCCCC(=O)[O-]. The van der Waals surface area contributed by atoms with Crippen molar-refractivity contribution in [2.45, 2.75) is 32.6 Å². The van der Waals surface area contributed by atoms with Crippen molar-refractivity contribution in [3.8, 4) is 11.5 Å². The molecule has 2 rings (SSSR count). The Labute approximate surface area is 151 Å². The van der Waals surface area contributed by atoms with Crippen molar-refractivity contribution in [2.75, 3.05) is 13.3 Å². The van der Waals surface area contributed by atoms with Gasteiger partial charge in [0.2, 0.25) is 12.7 Å². The van der Waals surface area contributed by atoms with E-state index in [0.717, 1.165) is 0 Å². The van der Waals surface area contributed by atoms with E-state index in [9.17, 15) is 19.5 Å². The van der Waals surface area contributed by atoms with E-state index in [4.69, 9.17) is 9.47 Å². The van der Waals surface area contributed by atoms with E-state index >= 15 is 0 Å². The third-order valence-electron chi connectivity index (χ3n) is 3.61. The number of unbranched alkanes of at least 4 members (excludes halogenated alkanes) is 2. The van der Waals surface area contributed by atoms with Crippen LogP contribution in [0.2, 0.25) is 0 Å². The fourth-order valence-electron chi connectivity index (χ4n) is 2.39. The summed E-state index contributed by atoms with van der Waals surface area (Å²) in [6.45, 7) is 1.85. The van der Waals surface area contributed by atoms with Crippen molar-refractivity contribution in [3.63, 3.8) is 0 Å². The fraction of sp³-hybridized carbons (Fsp3) is 0.389. The smallest absolute Gasteiger partial charge is 0.267 e. The van der Waals surface area contributed by atoms with Crippen LogP contribution in [0.5, 0.6) is 11.5 Å². The van der Waals surface area contributed by atoms with Gasteiger partial charge in [0, 0.05) is 19.4 Å². The minimum Gasteiger partial charge on any atom is -0.550 e. The summed E-state index contributed by atoms with van der Waals surface area (Å²) in [5.74, 6) is -0.647. The van der Waals surface area contributed by atoms with Crippen LogP contribution in [0.15, 0.2) is 23.9 Å². The number of aliphatic carboxylic acids is 1. The van der Waals surface area contributed by atoms with Crippen LogP contribution >= 0.6 is 0 Å². The van der Waals surface area contributed by atoms with Crippen LogP contribution in [-0.2, 0) is 14.4 Å². The zero-order valence-corrected chi connectivity index (χ0v) is 14.5. The predicted octanol–water partition coefficient (Wildman–Crippen LogP) is 0.319. The van der Waals surface area contributed by atoms with E-state index in [0.29, 0.717) is 42.9 Å². The van der Waals surface area contributed by atoms with E-state index < -0.39 is 11.9 Å². The van der Waals surface area contributed by atoms with Crippen LogP contribution in [0.25, 0.3) is 6.08 Å². The lowest BCUT2D eigenvalue weighted by Crippen LogP contribution is -2.34. The van der Waals surface area contributed by atoms with Crippen LogP contribution < -0.4 is 25.2 Å². The van der Waals surface area contributed by atoms with Crippen molar-refractivity contribution < 1.29 is 29.0 Å². The van der Waals surface area contributed by atoms with E-state index in [1.807, 2.05) is 0 Å². The number of amides is 2. The first kappa shape index (κ1) is 19.3. The van der Waals surface area contributed by atoms with Crippen molar-refractivity contribution in [1.82, 2.24) is 10.6 Å². The Morgan fingerprint density at radius 2 is 1.92 bits per heavy atom. The monoisotopic (exact) mass is 361 g/mol. The lowest BCUT2D eigenvalue weighted by molar-refractivity contribution is -0.305. The zero-order chi connectivity index (χ0) is 18.9. The van der Waals surface area contributed by atoms with Crippen LogP contribution in [-0.4, -0.2) is 31.1 Å². The molecule has 26 heavy (non-hydrogen) atoms. The number of carbonyl (C=O) groups is 3. The number of rotatable bonds is 9. The molecule has 0 atom stereocenters. The van der Waals surface area contributed by atoms with Gasteiger partial charge in [-0.2, -0.15) is 0 Å². The van der Waals surface area contributed by atoms with Crippen molar-refractivity contribution >= 4 is 23.9 Å². The highest BCUT2D eigenvalue weighted by Gasteiger charge is 2.15. The van der Waals surface area contributed by atoms with E-state index in [-0.39, 0.29) is 24.8 Å². The molecule has 0 unspecified atom stereocenters. The van der Waals surface area contributed by atoms with E-state index in [1.165, 1.54) is 6.92 Å². The molecule has 2 N–H and O–H groups in total. The van der Waals surface area contributed by atoms with Crippen molar-refractivity contribution in [2.24, 2.45) is 0 Å². The fourth-order valence-corrected chi connectivity index (χ4v) is 2.39. The van der Waals surface area contributed by atoms with Gasteiger partial charge >= 0.3 is 0 Å². The van der Waals surface area contributed by atoms with Gasteiger partial charge in [-0.1, -0.05) is 12.5 Å². The minimum atomic E-state index is -1.08. The maximum atomic E-state index is 12.3. The van der Waals surface area contributed by atoms with Gasteiger partial charge in [-0.25, -0.2) is 0 Å². The summed E-state index contributed by atoms with van der Waals surface area (Å²) in [5.41, 5.74) is 0.799. The van der Waals surface area contributed by atoms with Crippen LogP contribution in [0.1, 0.15) is 38.2 Å². The third-order valence-corrected chi connectivity index (χ3v) is 3.61. The molecule has 1 aliphatic rings. The molecule has 0 radical (unpaired) electrons. The lowest BCUT2D eigenvalue weighted by atomic mass is 10.1. The van der Waals surface area contributed by atoms with Gasteiger partial charge in [0.05, 0.1) is 0 Å². The summed E-state index contributed by atoms with van der Waals surface area (Å²) >= 11 is 0. The number of benzene rings is 1. The maximum absolute atomic E-state index is 12.3. The Hall–Kier alpha value is -3.03. The molecule has 0 saturated heterocycles. The molecule has 0 fully saturated rings. The molecule has 8 nitrogen and oxygen atoms in total. The average molecular weight is 361 g/mol. The first-order valence-electron chi connectivity index (χ1n) is 8.32. The molecule has 0 aromatic heterocycles. The second-order valence-electron chi connectivity index (χ2n) is 5.79. The molecule has 1 aromatic rings. The number of carboxylic acids is 1. The molecule has 8 heteroatoms. The highest BCUT2D eigenvalue weighted by molar-refractivity contribution is 6.00. The number of ether oxygens (including phenoxy) is 2. The molecule has 1 aromatic carbocycles. The van der Waals surface area contributed by atoms with Crippen LogP contribution in [0.4, 0.5) is 0 Å². The molecule has 0 spiro atoms. The normalized spacial score (nSPS) is 12.6. The number of carboxylic acid groups (broad SMARTS) is 1.